The first-order valence-electron chi connectivity index (χ1n) is 10.6. The highest BCUT2D eigenvalue weighted by Gasteiger charge is 2.36. The standard InChI is InChI=1S/C23H33BN2O2/c25-23(13-7-8-14-24(27)28)21-15-22(16-21)26(17-19-9-3-1-4-10-19)18-20-11-5-2-6-12-20/h1-6,9-12,21-23,27-28H,7-8,13-18,25H2. The van der Waals surface area contributed by atoms with Crippen molar-refractivity contribution in [2.75, 3.05) is 0 Å². The highest BCUT2D eigenvalue weighted by Crippen LogP contribution is 2.36. The van der Waals surface area contributed by atoms with Crippen molar-refractivity contribution in [3.63, 3.8) is 0 Å². The van der Waals surface area contributed by atoms with Crippen LogP contribution in [-0.2, 0) is 13.1 Å². The van der Waals surface area contributed by atoms with Crippen molar-refractivity contribution in [2.45, 2.75) is 63.6 Å². The number of hydrogen-bond donors (Lipinski definition) is 3. The summed E-state index contributed by atoms with van der Waals surface area (Å²) in [5.41, 5.74) is 9.13. The van der Waals surface area contributed by atoms with E-state index in [1.807, 2.05) is 0 Å². The summed E-state index contributed by atoms with van der Waals surface area (Å²) in [7, 11) is -1.19. The summed E-state index contributed by atoms with van der Waals surface area (Å²) in [6.45, 7) is 1.94. The summed E-state index contributed by atoms with van der Waals surface area (Å²) in [6, 6.07) is 22.2. The lowest BCUT2D eigenvalue weighted by Crippen LogP contribution is -2.49. The molecule has 0 bridgehead atoms. The van der Waals surface area contributed by atoms with Gasteiger partial charge in [-0.3, -0.25) is 4.90 Å². The number of nitrogens with zero attached hydrogens (tertiary/aromatic N) is 1. The average Bonchev–Trinajstić information content (AvgIpc) is 2.65. The smallest absolute Gasteiger partial charge is 0.427 e. The van der Waals surface area contributed by atoms with Crippen molar-refractivity contribution in [3.05, 3.63) is 71.8 Å². The van der Waals surface area contributed by atoms with Crippen molar-refractivity contribution in [1.29, 1.82) is 0 Å². The third-order valence-corrected chi connectivity index (χ3v) is 5.98. The average molecular weight is 380 g/mol. The van der Waals surface area contributed by atoms with Gasteiger partial charge in [0.1, 0.15) is 0 Å². The van der Waals surface area contributed by atoms with Gasteiger partial charge >= 0.3 is 7.12 Å². The molecule has 28 heavy (non-hydrogen) atoms. The van der Waals surface area contributed by atoms with Crippen LogP contribution >= 0.6 is 0 Å². The first-order chi connectivity index (χ1) is 13.6. The summed E-state index contributed by atoms with van der Waals surface area (Å²) in [5, 5.41) is 17.9. The first-order valence-corrected chi connectivity index (χ1v) is 10.6. The maximum absolute atomic E-state index is 8.94. The molecule has 2 aromatic carbocycles. The number of benzene rings is 2. The highest BCUT2D eigenvalue weighted by atomic mass is 16.4. The van der Waals surface area contributed by atoms with E-state index in [0.717, 1.165) is 45.2 Å². The second kappa shape index (κ2) is 10.8. The highest BCUT2D eigenvalue weighted by molar-refractivity contribution is 6.40. The summed E-state index contributed by atoms with van der Waals surface area (Å²) in [5.74, 6) is 0.582. The molecule has 1 unspecified atom stereocenters. The largest absolute Gasteiger partial charge is 0.451 e. The maximum Gasteiger partial charge on any atom is 0.451 e. The second-order valence-corrected chi connectivity index (χ2v) is 8.19. The molecule has 1 saturated carbocycles. The molecular weight excluding hydrogens is 347 g/mol. The normalized spacial score (nSPS) is 20.0. The van der Waals surface area contributed by atoms with Crippen LogP contribution in [0.3, 0.4) is 0 Å². The van der Waals surface area contributed by atoms with Gasteiger partial charge in [-0.15, -0.1) is 0 Å². The quantitative estimate of drug-likeness (QED) is 0.413. The topological polar surface area (TPSA) is 69.7 Å². The van der Waals surface area contributed by atoms with E-state index < -0.39 is 7.12 Å². The first kappa shape index (κ1) is 21.1. The van der Waals surface area contributed by atoms with E-state index in [0.29, 0.717) is 18.3 Å². The lowest BCUT2D eigenvalue weighted by molar-refractivity contribution is 0.0513. The third-order valence-electron chi connectivity index (χ3n) is 5.98. The van der Waals surface area contributed by atoms with Crippen LogP contribution in [0.2, 0.25) is 6.32 Å². The molecule has 0 saturated heterocycles. The molecule has 4 nitrogen and oxygen atoms in total. The zero-order valence-corrected chi connectivity index (χ0v) is 16.7. The van der Waals surface area contributed by atoms with Crippen LogP contribution in [0.1, 0.15) is 43.2 Å². The van der Waals surface area contributed by atoms with Gasteiger partial charge in [0.05, 0.1) is 0 Å². The van der Waals surface area contributed by atoms with Gasteiger partial charge in [0.2, 0.25) is 0 Å². The Morgan fingerprint density at radius 2 is 1.43 bits per heavy atom. The molecule has 150 valence electrons. The zero-order chi connectivity index (χ0) is 19.8. The van der Waals surface area contributed by atoms with Crippen molar-refractivity contribution in [3.8, 4) is 0 Å². The van der Waals surface area contributed by atoms with Gasteiger partial charge in [-0.2, -0.15) is 0 Å². The van der Waals surface area contributed by atoms with Gasteiger partial charge in [0.25, 0.3) is 0 Å². The summed E-state index contributed by atoms with van der Waals surface area (Å²) < 4.78 is 0. The predicted octanol–water partition coefficient (Wildman–Crippen LogP) is 3.44. The molecule has 3 rings (SSSR count). The Bertz CT molecular complexity index is 636. The van der Waals surface area contributed by atoms with Crippen LogP contribution in [0.5, 0.6) is 0 Å². The van der Waals surface area contributed by atoms with Crippen molar-refractivity contribution >= 4 is 7.12 Å². The molecule has 5 heteroatoms. The molecule has 1 aliphatic rings. The van der Waals surface area contributed by atoms with Gasteiger partial charge in [-0.05, 0) is 42.6 Å². The van der Waals surface area contributed by atoms with E-state index in [9.17, 15) is 0 Å². The van der Waals surface area contributed by atoms with E-state index in [1.165, 1.54) is 11.1 Å². The second-order valence-electron chi connectivity index (χ2n) is 8.19. The minimum Gasteiger partial charge on any atom is -0.427 e. The van der Waals surface area contributed by atoms with Crippen LogP contribution in [0, 0.1) is 5.92 Å². The van der Waals surface area contributed by atoms with Crippen molar-refractivity contribution in [2.24, 2.45) is 11.7 Å². The van der Waals surface area contributed by atoms with Gasteiger partial charge in [0, 0.05) is 25.2 Å². The number of rotatable bonds is 11. The fourth-order valence-corrected chi connectivity index (χ4v) is 4.17. The van der Waals surface area contributed by atoms with E-state index in [2.05, 4.69) is 65.6 Å². The van der Waals surface area contributed by atoms with Crippen molar-refractivity contribution < 1.29 is 10.0 Å². The Morgan fingerprint density at radius 3 is 1.93 bits per heavy atom. The Balaban J connectivity index is 1.52. The molecule has 0 radical (unpaired) electrons. The molecule has 0 aromatic heterocycles. The maximum atomic E-state index is 8.94. The van der Waals surface area contributed by atoms with Crippen molar-refractivity contribution in [1.82, 2.24) is 4.90 Å². The van der Waals surface area contributed by atoms with E-state index in [-0.39, 0.29) is 6.04 Å². The van der Waals surface area contributed by atoms with E-state index >= 15 is 0 Å². The molecule has 0 amide bonds. The monoisotopic (exact) mass is 380 g/mol. The SMILES string of the molecule is NC(CCCCB(O)O)C1CC(N(Cc2ccccc2)Cc2ccccc2)C1. The minimum absolute atomic E-state index is 0.224. The molecule has 2 aromatic rings. The summed E-state index contributed by atoms with van der Waals surface area (Å²) in [6.07, 6.45) is 5.53. The number of nitrogens with two attached hydrogens (primary N) is 1. The molecule has 1 atom stereocenters. The van der Waals surface area contributed by atoms with Gasteiger partial charge in [-0.25, -0.2) is 0 Å². The number of unbranched alkanes of at least 4 members (excludes halogenated alkanes) is 1. The van der Waals surface area contributed by atoms with Gasteiger partial charge in [0.15, 0.2) is 0 Å². The molecule has 0 aliphatic heterocycles. The lowest BCUT2D eigenvalue weighted by atomic mass is 9.73. The molecule has 1 aliphatic carbocycles. The Labute approximate surface area is 169 Å². The van der Waals surface area contributed by atoms with Gasteiger partial charge < -0.3 is 15.8 Å². The molecule has 0 heterocycles. The van der Waals surface area contributed by atoms with E-state index in [4.69, 9.17) is 15.8 Å². The predicted molar refractivity (Wildman–Crippen MR) is 115 cm³/mol. The minimum atomic E-state index is -1.19. The molecule has 1 fully saturated rings. The van der Waals surface area contributed by atoms with Crippen LogP contribution in [0.25, 0.3) is 0 Å². The Kier molecular flexibility index (Phi) is 8.10. The third kappa shape index (κ3) is 6.45. The summed E-state index contributed by atoms with van der Waals surface area (Å²) in [4.78, 5) is 2.59. The lowest BCUT2D eigenvalue weighted by Gasteiger charge is -2.45. The van der Waals surface area contributed by atoms with Crippen LogP contribution in [0.4, 0.5) is 0 Å². The van der Waals surface area contributed by atoms with Gasteiger partial charge in [-0.1, -0.05) is 73.5 Å². The molecular formula is C23H33BN2O2. The van der Waals surface area contributed by atoms with Crippen LogP contribution in [0.15, 0.2) is 60.7 Å². The fraction of sp³-hybridized carbons (Fsp3) is 0.478. The zero-order valence-electron chi connectivity index (χ0n) is 16.7. The molecule has 0 spiro atoms. The van der Waals surface area contributed by atoms with Crippen LogP contribution in [-0.4, -0.2) is 34.2 Å². The summed E-state index contributed by atoms with van der Waals surface area (Å²) >= 11 is 0. The van der Waals surface area contributed by atoms with E-state index in [1.54, 1.807) is 0 Å². The van der Waals surface area contributed by atoms with Crippen LogP contribution < -0.4 is 5.73 Å². The fourth-order valence-electron chi connectivity index (χ4n) is 4.17. The Hall–Kier alpha value is -1.66. The Morgan fingerprint density at radius 1 is 0.893 bits per heavy atom. The molecule has 4 N–H and O–H groups in total. The number of hydrogen-bond acceptors (Lipinski definition) is 4.